The van der Waals surface area contributed by atoms with E-state index in [1.807, 2.05) is 42.2 Å². The van der Waals surface area contributed by atoms with E-state index in [0.29, 0.717) is 25.4 Å². The Bertz CT molecular complexity index is 1180. The second-order valence-corrected chi connectivity index (χ2v) is 10.2. The van der Waals surface area contributed by atoms with Gasteiger partial charge in [-0.2, -0.15) is 8.42 Å². The van der Waals surface area contributed by atoms with Crippen LogP contribution in [0.15, 0.2) is 83.8 Å². The predicted octanol–water partition coefficient (Wildman–Crippen LogP) is 5.77. The summed E-state index contributed by atoms with van der Waals surface area (Å²) in [6.07, 6.45) is 0.700. The van der Waals surface area contributed by atoms with Crippen LogP contribution in [0.5, 0.6) is 5.75 Å². The SMILES string of the molecule is CCC(C(=O)N(Cc1ccc(OS(=O)(=O)c2ccc(F)cc2)cc1)CC(C)C)c1ccccc1. The molecule has 3 aromatic carbocycles. The van der Waals surface area contributed by atoms with Gasteiger partial charge in [-0.05, 0) is 59.9 Å². The van der Waals surface area contributed by atoms with Gasteiger partial charge >= 0.3 is 10.1 Å². The van der Waals surface area contributed by atoms with Crippen molar-refractivity contribution in [2.45, 2.75) is 44.6 Å². The molecular formula is C27H30FNO4S. The van der Waals surface area contributed by atoms with Crippen LogP contribution in [0.2, 0.25) is 0 Å². The molecule has 0 aliphatic heterocycles. The summed E-state index contributed by atoms with van der Waals surface area (Å²) in [4.78, 5) is 15.2. The highest BCUT2D eigenvalue weighted by atomic mass is 32.2. The number of benzene rings is 3. The standard InChI is InChI=1S/C27H30FNO4S/c1-4-26(22-8-6-5-7-9-22)27(30)29(18-20(2)3)19-21-10-14-24(15-11-21)33-34(31,32)25-16-12-23(28)13-17-25/h5-17,20,26H,4,18-19H2,1-3H3. The first-order chi connectivity index (χ1) is 16.2. The molecule has 1 unspecified atom stereocenters. The molecule has 0 fully saturated rings. The molecule has 1 amide bonds. The van der Waals surface area contributed by atoms with Crippen LogP contribution in [0.1, 0.15) is 44.2 Å². The van der Waals surface area contributed by atoms with Crippen molar-refractivity contribution in [3.8, 4) is 5.75 Å². The van der Waals surface area contributed by atoms with Crippen LogP contribution < -0.4 is 4.18 Å². The summed E-state index contributed by atoms with van der Waals surface area (Å²) in [5.74, 6) is -0.238. The van der Waals surface area contributed by atoms with Crippen molar-refractivity contribution < 1.29 is 21.8 Å². The van der Waals surface area contributed by atoms with E-state index in [9.17, 15) is 17.6 Å². The van der Waals surface area contributed by atoms with Crippen LogP contribution in [0.4, 0.5) is 4.39 Å². The van der Waals surface area contributed by atoms with Gasteiger partial charge in [0, 0.05) is 13.1 Å². The van der Waals surface area contributed by atoms with Crippen LogP contribution in [0, 0.1) is 11.7 Å². The van der Waals surface area contributed by atoms with Crippen molar-refractivity contribution in [1.29, 1.82) is 0 Å². The second-order valence-electron chi connectivity index (χ2n) is 8.62. The molecule has 3 rings (SSSR count). The Morgan fingerprint density at radius 2 is 1.56 bits per heavy atom. The van der Waals surface area contributed by atoms with Crippen molar-refractivity contribution in [2.75, 3.05) is 6.54 Å². The zero-order valence-corrected chi connectivity index (χ0v) is 20.5. The van der Waals surface area contributed by atoms with E-state index in [4.69, 9.17) is 4.18 Å². The largest absolute Gasteiger partial charge is 0.379 e. The first-order valence-electron chi connectivity index (χ1n) is 11.3. The second kappa shape index (κ2) is 11.3. The van der Waals surface area contributed by atoms with Crippen LogP contribution in [-0.4, -0.2) is 25.8 Å². The lowest BCUT2D eigenvalue weighted by Crippen LogP contribution is -2.37. The lowest BCUT2D eigenvalue weighted by molar-refractivity contribution is -0.134. The van der Waals surface area contributed by atoms with Crippen molar-refractivity contribution >= 4 is 16.0 Å². The van der Waals surface area contributed by atoms with Gasteiger partial charge < -0.3 is 9.08 Å². The number of carbonyl (C=O) groups excluding carboxylic acids is 1. The van der Waals surface area contributed by atoms with Gasteiger partial charge in [0.2, 0.25) is 5.91 Å². The van der Waals surface area contributed by atoms with Crippen molar-refractivity contribution in [1.82, 2.24) is 4.90 Å². The normalized spacial score (nSPS) is 12.4. The number of hydrogen-bond acceptors (Lipinski definition) is 4. The van der Waals surface area contributed by atoms with Crippen molar-refractivity contribution in [2.24, 2.45) is 5.92 Å². The van der Waals surface area contributed by atoms with E-state index in [1.165, 1.54) is 0 Å². The molecule has 180 valence electrons. The summed E-state index contributed by atoms with van der Waals surface area (Å²) in [6.45, 7) is 7.17. The van der Waals surface area contributed by atoms with Gasteiger partial charge in [-0.15, -0.1) is 0 Å². The van der Waals surface area contributed by atoms with Gasteiger partial charge in [0.15, 0.2) is 0 Å². The Labute approximate surface area is 201 Å². The van der Waals surface area contributed by atoms with E-state index in [1.54, 1.807) is 24.3 Å². The Kier molecular flexibility index (Phi) is 8.45. The molecule has 0 N–H and O–H groups in total. The number of nitrogens with zero attached hydrogens (tertiary/aromatic N) is 1. The van der Waals surface area contributed by atoms with Gasteiger partial charge in [0.25, 0.3) is 0 Å². The molecule has 0 aromatic heterocycles. The molecule has 0 heterocycles. The lowest BCUT2D eigenvalue weighted by Gasteiger charge is -2.29. The minimum Gasteiger partial charge on any atom is -0.379 e. The maximum Gasteiger partial charge on any atom is 0.339 e. The molecule has 0 bridgehead atoms. The third kappa shape index (κ3) is 6.67. The average molecular weight is 484 g/mol. The fourth-order valence-electron chi connectivity index (χ4n) is 3.78. The first-order valence-corrected chi connectivity index (χ1v) is 12.7. The molecule has 1 atom stereocenters. The predicted molar refractivity (Wildman–Crippen MR) is 130 cm³/mol. The highest BCUT2D eigenvalue weighted by molar-refractivity contribution is 7.87. The highest BCUT2D eigenvalue weighted by Gasteiger charge is 2.25. The Balaban J connectivity index is 1.75. The third-order valence-electron chi connectivity index (χ3n) is 5.41. The topological polar surface area (TPSA) is 63.7 Å². The molecular weight excluding hydrogens is 453 g/mol. The van der Waals surface area contributed by atoms with Crippen LogP contribution in [0.25, 0.3) is 0 Å². The third-order valence-corrected chi connectivity index (χ3v) is 6.67. The summed E-state index contributed by atoms with van der Waals surface area (Å²) in [5.41, 5.74) is 1.86. The zero-order valence-electron chi connectivity index (χ0n) is 19.6. The van der Waals surface area contributed by atoms with E-state index in [0.717, 1.165) is 35.4 Å². The lowest BCUT2D eigenvalue weighted by atomic mass is 9.94. The number of amides is 1. The van der Waals surface area contributed by atoms with Crippen molar-refractivity contribution in [3.63, 3.8) is 0 Å². The molecule has 0 aliphatic carbocycles. The number of rotatable bonds is 10. The molecule has 3 aromatic rings. The fraction of sp³-hybridized carbons (Fsp3) is 0.296. The van der Waals surface area contributed by atoms with Gasteiger partial charge in [-0.1, -0.05) is 63.2 Å². The maximum absolute atomic E-state index is 13.4. The molecule has 0 saturated carbocycles. The highest BCUT2D eigenvalue weighted by Crippen LogP contribution is 2.25. The summed E-state index contributed by atoms with van der Waals surface area (Å²) in [5, 5.41) is 0. The monoisotopic (exact) mass is 483 g/mol. The summed E-state index contributed by atoms with van der Waals surface area (Å²) >= 11 is 0. The van der Waals surface area contributed by atoms with Gasteiger partial charge in [-0.3, -0.25) is 4.79 Å². The van der Waals surface area contributed by atoms with E-state index < -0.39 is 15.9 Å². The quantitative estimate of drug-likeness (QED) is 0.343. The molecule has 0 spiro atoms. The molecule has 0 saturated heterocycles. The smallest absolute Gasteiger partial charge is 0.339 e. The zero-order chi connectivity index (χ0) is 24.7. The fourth-order valence-corrected chi connectivity index (χ4v) is 4.71. The Morgan fingerprint density at radius 1 is 0.941 bits per heavy atom. The van der Waals surface area contributed by atoms with Gasteiger partial charge in [-0.25, -0.2) is 4.39 Å². The summed E-state index contributed by atoms with van der Waals surface area (Å²) in [6, 6.07) is 20.8. The number of hydrogen-bond donors (Lipinski definition) is 0. The van der Waals surface area contributed by atoms with Crippen molar-refractivity contribution in [3.05, 3.63) is 95.8 Å². The Morgan fingerprint density at radius 3 is 2.12 bits per heavy atom. The minimum atomic E-state index is -4.07. The van der Waals surface area contributed by atoms with Crippen LogP contribution in [-0.2, 0) is 21.5 Å². The molecule has 0 aliphatic rings. The molecule has 0 radical (unpaired) electrons. The summed E-state index contributed by atoms with van der Waals surface area (Å²) < 4.78 is 43.1. The maximum atomic E-state index is 13.4. The minimum absolute atomic E-state index is 0.0709. The number of halogens is 1. The number of carbonyl (C=O) groups is 1. The average Bonchev–Trinajstić information content (AvgIpc) is 2.81. The van der Waals surface area contributed by atoms with Gasteiger partial charge in [0.1, 0.15) is 16.5 Å². The van der Waals surface area contributed by atoms with Crippen LogP contribution in [0.3, 0.4) is 0 Å². The molecule has 7 heteroatoms. The van der Waals surface area contributed by atoms with E-state index in [2.05, 4.69) is 13.8 Å². The summed E-state index contributed by atoms with van der Waals surface area (Å²) in [7, 11) is -4.07. The van der Waals surface area contributed by atoms with E-state index in [-0.39, 0.29) is 22.5 Å². The molecule has 34 heavy (non-hydrogen) atoms. The van der Waals surface area contributed by atoms with Gasteiger partial charge in [0.05, 0.1) is 5.92 Å². The van der Waals surface area contributed by atoms with Crippen LogP contribution >= 0.6 is 0 Å². The Hall–Kier alpha value is -3.19. The molecule has 5 nitrogen and oxygen atoms in total. The van der Waals surface area contributed by atoms with E-state index >= 15 is 0 Å². The first kappa shape index (κ1) is 25.4.